The lowest BCUT2D eigenvalue weighted by molar-refractivity contribution is -0.0622. The molecule has 0 spiro atoms. The van der Waals surface area contributed by atoms with Gasteiger partial charge in [0.1, 0.15) is 5.82 Å². The van der Waals surface area contributed by atoms with E-state index in [9.17, 15) is 18.0 Å². The van der Waals surface area contributed by atoms with Crippen LogP contribution in [-0.2, 0) is 11.2 Å². The third kappa shape index (κ3) is 5.75. The monoisotopic (exact) mass is 339 g/mol. The van der Waals surface area contributed by atoms with Gasteiger partial charge in [0.05, 0.1) is 25.4 Å². The first-order valence-corrected chi connectivity index (χ1v) is 6.38. The maximum atomic E-state index is 12.6. The molecular formula is C11H16F3N5O4. The molecule has 9 nitrogen and oxygen atoms in total. The third-order valence-corrected chi connectivity index (χ3v) is 2.60. The number of halogens is 3. The van der Waals surface area contributed by atoms with E-state index in [2.05, 4.69) is 20.4 Å². The molecule has 0 amide bonds. The number of aromatic amines is 1. The second-order valence-electron chi connectivity index (χ2n) is 4.26. The Kier molecular flexibility index (Phi) is 6.78. The Balaban J connectivity index is 2.95. The Morgan fingerprint density at radius 3 is 2.70 bits per heavy atom. The maximum absolute atomic E-state index is 12.6. The van der Waals surface area contributed by atoms with Gasteiger partial charge in [0.2, 0.25) is 5.95 Å². The Labute approximate surface area is 128 Å². The number of rotatable bonds is 8. The summed E-state index contributed by atoms with van der Waals surface area (Å²) in [6, 6.07) is 0. The van der Waals surface area contributed by atoms with E-state index in [1.165, 1.54) is 0 Å². The fraction of sp³-hybridized carbons (Fsp3) is 0.545. The van der Waals surface area contributed by atoms with Gasteiger partial charge in [0.15, 0.2) is 5.71 Å². The summed E-state index contributed by atoms with van der Waals surface area (Å²) in [4.78, 5) is 17.6. The number of aromatic nitrogens is 2. The number of hydrogen-bond donors (Lipinski definition) is 5. The van der Waals surface area contributed by atoms with Crippen LogP contribution in [0.25, 0.3) is 0 Å². The van der Waals surface area contributed by atoms with Crippen molar-refractivity contribution in [3.63, 3.8) is 0 Å². The number of ether oxygens (including phenoxy) is 1. The highest BCUT2D eigenvalue weighted by Crippen LogP contribution is 2.21. The standard InChI is InChI=1S/C11H16F3N5O4/c12-11(13,14)7(19-22)5-6-8(16-1-3-23-4-2-20)17-10(15)18-9(6)21/h20,22H,1-5H2,(H4,15,16,17,18,21)/b19-7-. The number of nitrogens with zero attached hydrogens (tertiary/aromatic N) is 2. The number of aliphatic hydroxyl groups is 1. The summed E-state index contributed by atoms with van der Waals surface area (Å²) >= 11 is 0. The van der Waals surface area contributed by atoms with Crippen LogP contribution in [0, 0.1) is 0 Å². The van der Waals surface area contributed by atoms with Crippen molar-refractivity contribution in [2.45, 2.75) is 12.6 Å². The van der Waals surface area contributed by atoms with Crippen molar-refractivity contribution in [2.24, 2.45) is 5.16 Å². The molecule has 1 aromatic rings. The molecule has 0 unspecified atom stereocenters. The van der Waals surface area contributed by atoms with Crippen LogP contribution in [0.2, 0.25) is 0 Å². The minimum Gasteiger partial charge on any atom is -0.411 e. The predicted octanol–water partition coefficient (Wildman–Crippen LogP) is -0.292. The smallest absolute Gasteiger partial charge is 0.411 e. The van der Waals surface area contributed by atoms with Crippen molar-refractivity contribution in [2.75, 3.05) is 37.4 Å². The van der Waals surface area contributed by atoms with Crippen LogP contribution in [0.5, 0.6) is 0 Å². The Morgan fingerprint density at radius 1 is 1.43 bits per heavy atom. The topological polar surface area (TPSA) is 146 Å². The molecule has 0 atom stereocenters. The third-order valence-electron chi connectivity index (χ3n) is 2.60. The Hall–Kier alpha value is -2.34. The molecule has 0 aliphatic rings. The highest BCUT2D eigenvalue weighted by atomic mass is 19.4. The zero-order valence-electron chi connectivity index (χ0n) is 11.9. The van der Waals surface area contributed by atoms with Crippen LogP contribution in [0.15, 0.2) is 9.95 Å². The molecule has 23 heavy (non-hydrogen) atoms. The van der Waals surface area contributed by atoms with Crippen LogP contribution < -0.4 is 16.6 Å². The fourth-order valence-electron chi connectivity index (χ4n) is 1.59. The predicted molar refractivity (Wildman–Crippen MR) is 74.6 cm³/mol. The lowest BCUT2D eigenvalue weighted by Gasteiger charge is -2.13. The molecular weight excluding hydrogens is 323 g/mol. The van der Waals surface area contributed by atoms with E-state index in [-0.39, 0.29) is 43.7 Å². The van der Waals surface area contributed by atoms with Crippen LogP contribution in [0.1, 0.15) is 5.56 Å². The van der Waals surface area contributed by atoms with Gasteiger partial charge in [-0.15, -0.1) is 0 Å². The number of alkyl halides is 3. The summed E-state index contributed by atoms with van der Waals surface area (Å²) < 4.78 is 42.8. The zero-order valence-corrected chi connectivity index (χ0v) is 11.9. The summed E-state index contributed by atoms with van der Waals surface area (Å²) in [5.41, 5.74) is 2.54. The van der Waals surface area contributed by atoms with Crippen LogP contribution in [0.4, 0.5) is 24.9 Å². The molecule has 12 heteroatoms. The molecule has 130 valence electrons. The van der Waals surface area contributed by atoms with Gasteiger partial charge in [0, 0.05) is 13.0 Å². The summed E-state index contributed by atoms with van der Waals surface area (Å²) in [6.07, 6.45) is -5.88. The van der Waals surface area contributed by atoms with Gasteiger partial charge in [-0.2, -0.15) is 18.2 Å². The molecule has 0 aliphatic carbocycles. The number of nitrogens with two attached hydrogens (primary N) is 1. The average molecular weight is 339 g/mol. The van der Waals surface area contributed by atoms with Crippen molar-refractivity contribution in [3.05, 3.63) is 15.9 Å². The Bertz CT molecular complexity index is 602. The van der Waals surface area contributed by atoms with E-state index >= 15 is 0 Å². The number of H-pyrrole nitrogens is 1. The van der Waals surface area contributed by atoms with Gasteiger partial charge in [-0.3, -0.25) is 9.78 Å². The first-order chi connectivity index (χ1) is 10.8. The lowest BCUT2D eigenvalue weighted by Crippen LogP contribution is -2.30. The molecule has 0 saturated carbocycles. The second kappa shape index (κ2) is 8.33. The second-order valence-corrected chi connectivity index (χ2v) is 4.26. The van der Waals surface area contributed by atoms with Gasteiger partial charge in [-0.25, -0.2) is 0 Å². The van der Waals surface area contributed by atoms with Gasteiger partial charge < -0.3 is 26.1 Å². The fourth-order valence-corrected chi connectivity index (χ4v) is 1.59. The molecule has 0 bridgehead atoms. The molecule has 0 aliphatic heterocycles. The number of oxime groups is 1. The van der Waals surface area contributed by atoms with E-state index in [0.29, 0.717) is 0 Å². The molecule has 1 aromatic heterocycles. The molecule has 0 aromatic carbocycles. The quantitative estimate of drug-likeness (QED) is 0.189. The summed E-state index contributed by atoms with van der Waals surface area (Å²) in [7, 11) is 0. The number of aliphatic hydroxyl groups excluding tert-OH is 1. The molecule has 1 heterocycles. The molecule has 1 rings (SSSR count). The van der Waals surface area contributed by atoms with E-state index < -0.39 is 23.9 Å². The Morgan fingerprint density at radius 2 is 2.13 bits per heavy atom. The summed E-state index contributed by atoms with van der Waals surface area (Å²) in [5.74, 6) is -0.462. The number of nitrogen functional groups attached to an aromatic ring is 1. The lowest BCUT2D eigenvalue weighted by atomic mass is 10.1. The SMILES string of the molecule is Nc1nc(NCCOCCO)c(C/C(=N/O)C(F)(F)F)c(=O)[nH]1. The summed E-state index contributed by atoms with van der Waals surface area (Å²) in [5, 5.41) is 21.8. The average Bonchev–Trinajstić information content (AvgIpc) is 2.44. The van der Waals surface area contributed by atoms with Crippen molar-refractivity contribution in [1.29, 1.82) is 0 Å². The first kappa shape index (κ1) is 18.7. The minimum absolute atomic E-state index is 0.0921. The van der Waals surface area contributed by atoms with Gasteiger partial charge in [-0.1, -0.05) is 5.16 Å². The van der Waals surface area contributed by atoms with E-state index in [1.54, 1.807) is 0 Å². The normalized spacial score (nSPS) is 12.4. The number of anilines is 2. The maximum Gasteiger partial charge on any atom is 0.433 e. The minimum atomic E-state index is -4.90. The van der Waals surface area contributed by atoms with Crippen molar-refractivity contribution >= 4 is 17.5 Å². The van der Waals surface area contributed by atoms with Crippen molar-refractivity contribution in [3.8, 4) is 0 Å². The van der Waals surface area contributed by atoms with Gasteiger partial charge in [-0.05, 0) is 0 Å². The molecule has 0 fully saturated rings. The zero-order chi connectivity index (χ0) is 17.5. The van der Waals surface area contributed by atoms with E-state index in [1.807, 2.05) is 0 Å². The van der Waals surface area contributed by atoms with Crippen LogP contribution in [-0.4, -0.2) is 58.5 Å². The van der Waals surface area contributed by atoms with Gasteiger partial charge >= 0.3 is 6.18 Å². The van der Waals surface area contributed by atoms with Crippen molar-refractivity contribution < 1.29 is 28.2 Å². The highest BCUT2D eigenvalue weighted by molar-refractivity contribution is 5.91. The summed E-state index contributed by atoms with van der Waals surface area (Å²) in [6.45, 7) is 0.146. The molecule has 6 N–H and O–H groups in total. The van der Waals surface area contributed by atoms with Crippen molar-refractivity contribution in [1.82, 2.24) is 9.97 Å². The number of nitrogens with one attached hydrogen (secondary N) is 2. The largest absolute Gasteiger partial charge is 0.433 e. The highest BCUT2D eigenvalue weighted by Gasteiger charge is 2.37. The first-order valence-electron chi connectivity index (χ1n) is 6.38. The number of hydrogen-bond acceptors (Lipinski definition) is 8. The van der Waals surface area contributed by atoms with E-state index in [4.69, 9.17) is 20.8 Å². The van der Waals surface area contributed by atoms with Crippen LogP contribution in [0.3, 0.4) is 0 Å². The molecule has 0 saturated heterocycles. The molecule has 0 radical (unpaired) electrons. The van der Waals surface area contributed by atoms with E-state index in [0.717, 1.165) is 0 Å². The van der Waals surface area contributed by atoms with Gasteiger partial charge in [0.25, 0.3) is 5.56 Å². The van der Waals surface area contributed by atoms with Crippen LogP contribution >= 0.6 is 0 Å².